The molecule has 0 aliphatic carbocycles. The van der Waals surface area contributed by atoms with Gasteiger partial charge in [0.25, 0.3) is 23.6 Å². The van der Waals surface area contributed by atoms with E-state index in [-0.39, 0.29) is 69.0 Å². The second-order valence-electron chi connectivity index (χ2n) is 20.6. The minimum Gasteiger partial charge on any atom is -0.478 e. The van der Waals surface area contributed by atoms with Crippen molar-refractivity contribution in [3.8, 4) is 0 Å². The topological polar surface area (TPSA) is 300 Å². The molecule has 2 fully saturated rings. The third kappa shape index (κ3) is 13.8. The van der Waals surface area contributed by atoms with Gasteiger partial charge in [0, 0.05) is 74.7 Å². The molecule has 452 valence electrons. The summed E-state index contributed by atoms with van der Waals surface area (Å²) < 4.78 is 34.6. The average Bonchev–Trinajstić information content (AvgIpc) is 0.929. The van der Waals surface area contributed by atoms with Crippen LogP contribution in [0.1, 0.15) is 81.2 Å². The van der Waals surface area contributed by atoms with Crippen molar-refractivity contribution < 1.29 is 57.3 Å². The number of hydrogen-bond acceptors (Lipinski definition) is 14. The summed E-state index contributed by atoms with van der Waals surface area (Å²) in [5.74, 6) is -0.119. The molecule has 0 aromatic heterocycles. The van der Waals surface area contributed by atoms with E-state index in [2.05, 4.69) is 20.9 Å². The lowest BCUT2D eigenvalue weighted by Gasteiger charge is -2.44. The molecule has 87 heavy (non-hydrogen) atoms. The first-order valence-corrected chi connectivity index (χ1v) is 28.4. The van der Waals surface area contributed by atoms with Gasteiger partial charge in [-0.3, -0.25) is 29.0 Å². The molecule has 2 atom stereocenters. The first kappa shape index (κ1) is 62.0. The predicted molar refractivity (Wildman–Crippen MR) is 325 cm³/mol. The Balaban J connectivity index is 0.000000208. The Bertz CT molecular complexity index is 3720. The summed E-state index contributed by atoms with van der Waals surface area (Å²) in [6, 6.07) is 28.6. The third-order valence-corrected chi connectivity index (χ3v) is 15.7. The molecule has 4 aliphatic rings. The number of hydrazine groups is 1. The summed E-state index contributed by atoms with van der Waals surface area (Å²) in [6.45, 7) is 4.85. The van der Waals surface area contributed by atoms with Crippen LogP contribution in [0.4, 0.5) is 42.9 Å². The van der Waals surface area contributed by atoms with Crippen LogP contribution in [-0.4, -0.2) is 107 Å². The molecule has 21 nitrogen and oxygen atoms in total. The van der Waals surface area contributed by atoms with Crippen LogP contribution in [0.5, 0.6) is 0 Å². The van der Waals surface area contributed by atoms with Crippen molar-refractivity contribution in [1.29, 1.82) is 0 Å². The number of nitrogens with two attached hydrogens (primary N) is 3. The summed E-state index contributed by atoms with van der Waals surface area (Å²) in [4.78, 5) is 97.1. The maximum absolute atomic E-state index is 14.6. The molecular formula is C62H61Cl2F2N11O10. The molecule has 0 bridgehead atoms. The quantitative estimate of drug-likeness (QED) is 0.0257. The van der Waals surface area contributed by atoms with Crippen LogP contribution >= 0.6 is 23.2 Å². The van der Waals surface area contributed by atoms with E-state index in [9.17, 15) is 52.6 Å². The van der Waals surface area contributed by atoms with Crippen molar-refractivity contribution >= 4 is 98.8 Å². The number of rotatable bonds is 16. The Labute approximate surface area is 508 Å². The van der Waals surface area contributed by atoms with Gasteiger partial charge in [-0.15, -0.1) is 0 Å². The largest absolute Gasteiger partial charge is 0.478 e. The van der Waals surface area contributed by atoms with Gasteiger partial charge in [0.1, 0.15) is 23.5 Å². The number of aromatic carboxylic acids is 2. The first-order valence-electron chi connectivity index (χ1n) is 27.7. The van der Waals surface area contributed by atoms with Crippen molar-refractivity contribution in [3.05, 3.63) is 200 Å². The molecular weight excluding hydrogens is 1170 g/mol. The Morgan fingerprint density at radius 3 is 1.70 bits per heavy atom. The zero-order valence-corrected chi connectivity index (χ0v) is 48.4. The highest BCUT2D eigenvalue weighted by Gasteiger charge is 2.41. The molecule has 0 saturated carbocycles. The highest BCUT2D eigenvalue weighted by atomic mass is 35.5. The van der Waals surface area contributed by atoms with Crippen molar-refractivity contribution in [2.24, 2.45) is 17.3 Å². The standard InChI is InChI=1S/C31H30ClFN6O5.C31H31ClFN5O5/c32-22-6-4-8-25(27(22)33)39(35)17-23(34)30(42)38-16-14-20-21(5-3-7-24(20)37-15-2-1-9-26(37)40)28(38)29(41)36-19-12-10-18(11-13-19)31(43)44;1-2-43-20-16-37(17-20)26-8-3-5-22-21(26)13-14-38(28(22)29(39)36-19-11-9-18(10-12-19)31(41)42)30(40)24(34)15-35-25-7-4-6-23(32)27(25)33/h3-8,10-13,17,28H,1-2,9,14-16,34-35H2,(H,36,41)(H,43,44);3-12,15,20,28,35H,2,13-14,16-17,34H2,1H3,(H,36,39)(H,41,42)/b23-17-;24-15-. The van der Waals surface area contributed by atoms with E-state index in [1.165, 1.54) is 94.9 Å². The van der Waals surface area contributed by atoms with Gasteiger partial charge < -0.3 is 62.0 Å². The van der Waals surface area contributed by atoms with Crippen LogP contribution in [0.25, 0.3) is 0 Å². The molecule has 0 spiro atoms. The SMILES string of the molecule is CCOC1CN(c2cccc3c2CCN(C(=O)/C(N)=C/Nc2cccc(Cl)c2F)C3C(=O)Nc2ccc(C(=O)O)cc2)C1.N/C(=C\N(N)c1cccc(Cl)c1F)C(=O)N1CCc2c(cccc2N2CCCCC2=O)C1C(=O)Nc1ccc(C(=O)O)cc1. The number of piperidine rings is 1. The third-order valence-electron chi connectivity index (χ3n) is 15.1. The maximum Gasteiger partial charge on any atom is 0.335 e. The number of ether oxygens (including phenoxy) is 1. The Hall–Kier alpha value is -9.55. The Morgan fingerprint density at radius 2 is 1.16 bits per heavy atom. The van der Waals surface area contributed by atoms with E-state index < -0.39 is 59.3 Å². The average molecular weight is 1230 g/mol. The molecule has 5 amide bonds. The minimum absolute atomic E-state index is 0.00820. The van der Waals surface area contributed by atoms with E-state index in [0.717, 1.165) is 54.0 Å². The van der Waals surface area contributed by atoms with Crippen LogP contribution in [0.15, 0.2) is 145 Å². The van der Waals surface area contributed by atoms with E-state index in [4.69, 9.17) is 45.2 Å². The number of anilines is 6. The predicted octanol–water partition coefficient (Wildman–Crippen LogP) is 8.32. The lowest BCUT2D eigenvalue weighted by molar-refractivity contribution is -0.136. The number of hydrogen-bond donors (Lipinski definition) is 8. The molecule has 10 rings (SSSR count). The molecule has 6 aromatic carbocycles. The van der Waals surface area contributed by atoms with Gasteiger partial charge in [-0.1, -0.05) is 59.6 Å². The molecule has 2 saturated heterocycles. The van der Waals surface area contributed by atoms with Gasteiger partial charge in [-0.25, -0.2) is 24.2 Å². The Morgan fingerprint density at radius 1 is 0.655 bits per heavy atom. The number of carboxylic acid groups (broad SMARTS) is 2. The molecule has 0 radical (unpaired) electrons. The van der Waals surface area contributed by atoms with Crippen LogP contribution in [0.2, 0.25) is 10.0 Å². The number of fused-ring (bicyclic) bond motifs is 2. The van der Waals surface area contributed by atoms with Gasteiger partial charge in [0.2, 0.25) is 5.91 Å². The molecule has 4 heterocycles. The molecule has 2 unspecified atom stereocenters. The fourth-order valence-corrected chi connectivity index (χ4v) is 11.2. The lowest BCUT2D eigenvalue weighted by atomic mass is 9.89. The van der Waals surface area contributed by atoms with Crippen molar-refractivity contribution in [2.45, 2.75) is 57.2 Å². The zero-order chi connectivity index (χ0) is 62.2. The number of carboxylic acids is 2. The van der Waals surface area contributed by atoms with Gasteiger partial charge >= 0.3 is 11.9 Å². The maximum atomic E-state index is 14.6. The highest BCUT2D eigenvalue weighted by molar-refractivity contribution is 6.31. The lowest BCUT2D eigenvalue weighted by Crippen LogP contribution is -2.53. The molecule has 25 heteroatoms. The summed E-state index contributed by atoms with van der Waals surface area (Å²) in [5, 5.41) is 27.3. The number of carbonyl (C=O) groups is 7. The normalized spacial score (nSPS) is 16.7. The number of carbonyl (C=O) groups excluding carboxylic acids is 5. The van der Waals surface area contributed by atoms with Gasteiger partial charge in [0.05, 0.1) is 44.9 Å². The van der Waals surface area contributed by atoms with Crippen molar-refractivity contribution in [3.63, 3.8) is 0 Å². The smallest absolute Gasteiger partial charge is 0.335 e. The number of nitrogens with one attached hydrogen (secondary N) is 3. The second-order valence-corrected chi connectivity index (χ2v) is 21.4. The Kier molecular flexibility index (Phi) is 19.4. The van der Waals surface area contributed by atoms with Crippen LogP contribution in [-0.2, 0) is 41.6 Å². The number of amides is 5. The van der Waals surface area contributed by atoms with Crippen LogP contribution < -0.4 is 48.1 Å². The summed E-state index contributed by atoms with van der Waals surface area (Å²) in [5.41, 5.74) is 17.0. The van der Waals surface area contributed by atoms with Crippen molar-refractivity contribution in [2.75, 3.05) is 70.1 Å². The number of nitrogens with zero attached hydrogens (tertiary/aromatic N) is 5. The summed E-state index contributed by atoms with van der Waals surface area (Å²) >= 11 is 11.7. The van der Waals surface area contributed by atoms with E-state index in [1.54, 1.807) is 23.1 Å². The minimum atomic E-state index is -1.17. The molecule has 4 aliphatic heterocycles. The summed E-state index contributed by atoms with van der Waals surface area (Å²) in [6.07, 6.45) is 5.26. The first-order chi connectivity index (χ1) is 41.7. The summed E-state index contributed by atoms with van der Waals surface area (Å²) in [7, 11) is 0. The van der Waals surface area contributed by atoms with E-state index in [1.807, 2.05) is 31.2 Å². The van der Waals surface area contributed by atoms with Gasteiger partial charge in [0.15, 0.2) is 11.6 Å². The fraction of sp³-hybridized carbons (Fsp3) is 0.242. The molecule has 11 N–H and O–H groups in total. The van der Waals surface area contributed by atoms with E-state index in [0.29, 0.717) is 60.6 Å². The zero-order valence-electron chi connectivity index (χ0n) is 46.9. The van der Waals surface area contributed by atoms with Gasteiger partial charge in [-0.05, 0) is 140 Å². The van der Waals surface area contributed by atoms with Crippen LogP contribution in [0.3, 0.4) is 0 Å². The monoisotopic (exact) mass is 1230 g/mol. The van der Waals surface area contributed by atoms with Crippen molar-refractivity contribution in [1.82, 2.24) is 9.80 Å². The highest BCUT2D eigenvalue weighted by Crippen LogP contribution is 2.41. The van der Waals surface area contributed by atoms with Crippen LogP contribution in [0, 0.1) is 11.6 Å². The van der Waals surface area contributed by atoms with E-state index >= 15 is 0 Å². The van der Waals surface area contributed by atoms with Gasteiger partial charge in [-0.2, -0.15) is 0 Å². The fourth-order valence-electron chi connectivity index (χ4n) is 10.8. The number of benzene rings is 6. The second kappa shape index (κ2) is 27.2. The molecule has 6 aromatic rings. The number of halogens is 4.